The Morgan fingerprint density at radius 1 is 1.47 bits per heavy atom. The van der Waals surface area contributed by atoms with Gasteiger partial charge in [0.25, 0.3) is 0 Å². The number of pyridine rings is 1. The van der Waals surface area contributed by atoms with Crippen LogP contribution in [0, 0.1) is 0 Å². The van der Waals surface area contributed by atoms with Crippen molar-refractivity contribution in [1.29, 1.82) is 0 Å². The highest BCUT2D eigenvalue weighted by Gasteiger charge is 2.13. The number of carbonyl (C=O) groups excluding carboxylic acids is 1. The number of amides is 1. The number of carboxylic acids is 1. The van der Waals surface area contributed by atoms with E-state index in [1.807, 2.05) is 0 Å². The molecule has 0 aromatic carbocycles. The van der Waals surface area contributed by atoms with Crippen LogP contribution in [0.4, 0.5) is 0 Å². The van der Waals surface area contributed by atoms with E-state index in [-0.39, 0.29) is 12.3 Å². The average molecular weight is 208 g/mol. The molecule has 1 amide bonds. The average Bonchev–Trinajstić information content (AvgIpc) is 2.18. The molecule has 0 saturated carbocycles. The molecule has 5 heteroatoms. The minimum absolute atomic E-state index is 0.167. The predicted octanol–water partition coefficient (Wildman–Crippen LogP) is 0.213. The summed E-state index contributed by atoms with van der Waals surface area (Å²) in [6, 6.07) is 2.56. The number of hydrogen-bond acceptors (Lipinski definition) is 3. The van der Waals surface area contributed by atoms with Gasteiger partial charge >= 0.3 is 5.97 Å². The molecule has 1 heterocycles. The van der Waals surface area contributed by atoms with Crippen molar-refractivity contribution in [2.45, 2.75) is 19.4 Å². The summed E-state index contributed by atoms with van der Waals surface area (Å²) < 4.78 is 0. The number of aromatic nitrogens is 1. The van der Waals surface area contributed by atoms with Crippen molar-refractivity contribution >= 4 is 11.9 Å². The number of nitrogens with one attached hydrogen (secondary N) is 1. The number of aliphatic carboxylic acids is 1. The molecule has 1 aromatic heterocycles. The van der Waals surface area contributed by atoms with Crippen LogP contribution < -0.4 is 5.32 Å². The lowest BCUT2D eigenvalue weighted by molar-refractivity contribution is -0.141. The van der Waals surface area contributed by atoms with E-state index in [1.165, 1.54) is 6.92 Å². The molecule has 80 valence electrons. The molecule has 0 spiro atoms. The second kappa shape index (κ2) is 5.09. The first-order valence-corrected chi connectivity index (χ1v) is 4.50. The van der Waals surface area contributed by atoms with Gasteiger partial charge < -0.3 is 10.4 Å². The first-order chi connectivity index (χ1) is 7.09. The topological polar surface area (TPSA) is 79.3 Å². The normalized spacial score (nSPS) is 11.8. The van der Waals surface area contributed by atoms with Crippen LogP contribution in [0.1, 0.15) is 12.5 Å². The van der Waals surface area contributed by atoms with Crippen LogP contribution in [0.5, 0.6) is 0 Å². The molecule has 5 nitrogen and oxygen atoms in total. The minimum atomic E-state index is -1.04. The molecule has 0 aliphatic carbocycles. The van der Waals surface area contributed by atoms with Gasteiger partial charge in [0.05, 0.1) is 6.42 Å². The number of nitrogens with zero attached hydrogens (tertiary/aromatic N) is 1. The number of carbonyl (C=O) groups is 2. The van der Waals surface area contributed by atoms with Gasteiger partial charge in [0.15, 0.2) is 0 Å². The molecule has 2 N–H and O–H groups in total. The highest BCUT2D eigenvalue weighted by Crippen LogP contribution is 1.97. The summed E-state index contributed by atoms with van der Waals surface area (Å²) in [7, 11) is 0. The van der Waals surface area contributed by atoms with E-state index in [4.69, 9.17) is 5.11 Å². The summed E-state index contributed by atoms with van der Waals surface area (Å²) in [4.78, 5) is 25.6. The van der Waals surface area contributed by atoms with Crippen molar-refractivity contribution in [1.82, 2.24) is 10.3 Å². The van der Waals surface area contributed by atoms with E-state index in [0.29, 0.717) is 0 Å². The third-order valence-corrected chi connectivity index (χ3v) is 1.86. The Hall–Kier alpha value is -1.91. The summed E-state index contributed by atoms with van der Waals surface area (Å²) in [5.74, 6) is -1.35. The van der Waals surface area contributed by atoms with Crippen LogP contribution in [0.3, 0.4) is 0 Å². The molecule has 0 radical (unpaired) electrons. The van der Waals surface area contributed by atoms with Crippen molar-refractivity contribution < 1.29 is 14.7 Å². The smallest absolute Gasteiger partial charge is 0.325 e. The largest absolute Gasteiger partial charge is 0.480 e. The summed E-state index contributed by atoms with van der Waals surface area (Å²) >= 11 is 0. The quantitative estimate of drug-likeness (QED) is 0.741. The van der Waals surface area contributed by atoms with Crippen LogP contribution in [0.15, 0.2) is 24.5 Å². The van der Waals surface area contributed by atoms with Crippen molar-refractivity contribution in [3.05, 3.63) is 30.1 Å². The molecule has 0 fully saturated rings. The number of carboxylic acid groups (broad SMARTS) is 1. The first kappa shape index (κ1) is 11.2. The van der Waals surface area contributed by atoms with Crippen molar-refractivity contribution in [2.24, 2.45) is 0 Å². The maximum atomic E-state index is 11.3. The molecule has 0 saturated heterocycles. The third-order valence-electron chi connectivity index (χ3n) is 1.86. The second-order valence-electron chi connectivity index (χ2n) is 3.16. The van der Waals surface area contributed by atoms with Crippen molar-refractivity contribution in [2.75, 3.05) is 0 Å². The van der Waals surface area contributed by atoms with E-state index in [0.717, 1.165) is 5.56 Å². The maximum Gasteiger partial charge on any atom is 0.325 e. The number of rotatable bonds is 4. The molecule has 15 heavy (non-hydrogen) atoms. The highest BCUT2D eigenvalue weighted by atomic mass is 16.4. The summed E-state index contributed by atoms with van der Waals surface area (Å²) in [6.07, 6.45) is 3.34. The zero-order chi connectivity index (χ0) is 11.3. The Morgan fingerprint density at radius 2 is 2.07 bits per heavy atom. The van der Waals surface area contributed by atoms with E-state index in [2.05, 4.69) is 10.3 Å². The van der Waals surface area contributed by atoms with Crippen LogP contribution in [0.2, 0.25) is 0 Å². The monoisotopic (exact) mass is 208 g/mol. The zero-order valence-corrected chi connectivity index (χ0v) is 8.30. The molecule has 1 atom stereocenters. The Labute approximate surface area is 87.1 Å². The van der Waals surface area contributed by atoms with Gasteiger partial charge in [-0.05, 0) is 24.6 Å². The van der Waals surface area contributed by atoms with Crippen molar-refractivity contribution in [3.8, 4) is 0 Å². The van der Waals surface area contributed by atoms with E-state index in [9.17, 15) is 9.59 Å². The minimum Gasteiger partial charge on any atom is -0.480 e. The standard InChI is InChI=1S/C10H12N2O3/c1-7(10(14)15)12-9(13)6-8-2-4-11-5-3-8/h2-5,7H,6H2,1H3,(H,12,13)(H,14,15)/t7-/m0/s1. The van der Waals surface area contributed by atoms with Gasteiger partial charge in [-0.25, -0.2) is 0 Å². The lowest BCUT2D eigenvalue weighted by Gasteiger charge is -2.08. The van der Waals surface area contributed by atoms with Gasteiger partial charge in [-0.15, -0.1) is 0 Å². The van der Waals surface area contributed by atoms with E-state index >= 15 is 0 Å². The lowest BCUT2D eigenvalue weighted by atomic mass is 10.2. The molecule has 0 bridgehead atoms. The van der Waals surface area contributed by atoms with Gasteiger partial charge in [-0.3, -0.25) is 14.6 Å². The first-order valence-electron chi connectivity index (χ1n) is 4.50. The van der Waals surface area contributed by atoms with Crippen LogP contribution in [-0.2, 0) is 16.0 Å². The van der Waals surface area contributed by atoms with Crippen molar-refractivity contribution in [3.63, 3.8) is 0 Å². The Kier molecular flexibility index (Phi) is 3.79. The SMILES string of the molecule is C[C@H](NC(=O)Cc1ccncc1)C(=O)O. The second-order valence-corrected chi connectivity index (χ2v) is 3.16. The zero-order valence-electron chi connectivity index (χ0n) is 8.30. The molecular formula is C10H12N2O3. The maximum absolute atomic E-state index is 11.3. The van der Waals surface area contributed by atoms with Crippen LogP contribution >= 0.6 is 0 Å². The molecule has 0 unspecified atom stereocenters. The summed E-state index contributed by atoms with van der Waals surface area (Å²) in [5, 5.41) is 10.9. The fourth-order valence-corrected chi connectivity index (χ4v) is 1.04. The molecule has 1 aromatic rings. The van der Waals surface area contributed by atoms with Gasteiger partial charge in [0.1, 0.15) is 6.04 Å². The number of hydrogen-bond donors (Lipinski definition) is 2. The van der Waals surface area contributed by atoms with E-state index in [1.54, 1.807) is 24.5 Å². The summed E-state index contributed by atoms with van der Waals surface area (Å²) in [6.45, 7) is 1.42. The Morgan fingerprint density at radius 3 is 2.60 bits per heavy atom. The highest BCUT2D eigenvalue weighted by molar-refractivity contribution is 5.84. The van der Waals surface area contributed by atoms with Crippen LogP contribution in [0.25, 0.3) is 0 Å². The third kappa shape index (κ3) is 3.76. The van der Waals surface area contributed by atoms with Crippen LogP contribution in [-0.4, -0.2) is 28.0 Å². The lowest BCUT2D eigenvalue weighted by Crippen LogP contribution is -2.39. The molecule has 0 aliphatic rings. The van der Waals surface area contributed by atoms with E-state index < -0.39 is 12.0 Å². The Bertz CT molecular complexity index is 351. The Balaban J connectivity index is 2.47. The van der Waals surface area contributed by atoms with Gasteiger partial charge in [-0.1, -0.05) is 0 Å². The fourth-order valence-electron chi connectivity index (χ4n) is 1.04. The fraction of sp³-hybridized carbons (Fsp3) is 0.300. The van der Waals surface area contributed by atoms with Gasteiger partial charge in [0.2, 0.25) is 5.91 Å². The predicted molar refractivity (Wildman–Crippen MR) is 53.2 cm³/mol. The molecule has 0 aliphatic heterocycles. The molecular weight excluding hydrogens is 196 g/mol. The molecule has 1 rings (SSSR count). The summed E-state index contributed by atoms with van der Waals surface area (Å²) in [5.41, 5.74) is 0.806. The van der Waals surface area contributed by atoms with Gasteiger partial charge in [0, 0.05) is 12.4 Å². The van der Waals surface area contributed by atoms with Gasteiger partial charge in [-0.2, -0.15) is 0 Å².